The summed E-state index contributed by atoms with van der Waals surface area (Å²) in [4.78, 5) is 21.4. The number of piperidine rings is 1. The maximum Gasteiger partial charge on any atom is 0.180 e. The molecular weight excluding hydrogens is 388 g/mol. The Kier molecular flexibility index (Phi) is 4.85. The molecule has 0 saturated carbocycles. The fourth-order valence-electron chi connectivity index (χ4n) is 5.15. The molecule has 5 rings (SSSR count). The fraction of sp³-hybridized carbons (Fsp3) is 0.417. The summed E-state index contributed by atoms with van der Waals surface area (Å²) in [5, 5.41) is 8.23. The lowest BCUT2D eigenvalue weighted by molar-refractivity contribution is 0.0983. The van der Waals surface area contributed by atoms with Crippen molar-refractivity contribution < 1.29 is 4.79 Å². The van der Waals surface area contributed by atoms with Gasteiger partial charge in [-0.05, 0) is 44.2 Å². The van der Waals surface area contributed by atoms with Crippen molar-refractivity contribution in [3.8, 4) is 11.1 Å². The summed E-state index contributed by atoms with van der Waals surface area (Å²) < 4.78 is 1.70. The Hall–Kier alpha value is -3.06. The van der Waals surface area contributed by atoms with Gasteiger partial charge in [0.15, 0.2) is 11.4 Å². The number of anilines is 1. The molecule has 3 N–H and O–H groups in total. The quantitative estimate of drug-likeness (QED) is 0.610. The average molecular weight is 417 g/mol. The molecule has 7 heteroatoms. The van der Waals surface area contributed by atoms with Gasteiger partial charge in [0.2, 0.25) is 0 Å². The molecule has 3 aromatic rings. The summed E-state index contributed by atoms with van der Waals surface area (Å²) in [7, 11) is 0. The van der Waals surface area contributed by atoms with Crippen LogP contribution in [0.25, 0.3) is 22.3 Å². The zero-order valence-electron chi connectivity index (χ0n) is 18.1. The molecule has 160 valence electrons. The molecule has 2 unspecified atom stereocenters. The van der Waals surface area contributed by atoms with Crippen LogP contribution in [-0.2, 0) is 0 Å². The summed E-state index contributed by atoms with van der Waals surface area (Å²) in [5.74, 6) is 0.959. The number of ketones is 1. The van der Waals surface area contributed by atoms with E-state index in [9.17, 15) is 4.79 Å². The number of carbonyl (C=O) groups is 1. The van der Waals surface area contributed by atoms with Crippen molar-refractivity contribution in [2.24, 2.45) is 0 Å². The van der Waals surface area contributed by atoms with Crippen LogP contribution in [0.15, 0.2) is 31.1 Å². The van der Waals surface area contributed by atoms with E-state index >= 15 is 0 Å². The van der Waals surface area contributed by atoms with Crippen molar-refractivity contribution in [2.45, 2.75) is 64.0 Å². The Morgan fingerprint density at radius 3 is 2.61 bits per heavy atom. The minimum Gasteiger partial charge on any atom is -0.383 e. The third kappa shape index (κ3) is 3.33. The van der Waals surface area contributed by atoms with Crippen LogP contribution in [0.3, 0.4) is 0 Å². The number of pyridine rings is 1. The van der Waals surface area contributed by atoms with Crippen molar-refractivity contribution >= 4 is 22.8 Å². The second-order valence-electron chi connectivity index (χ2n) is 8.85. The smallest absolute Gasteiger partial charge is 0.180 e. The summed E-state index contributed by atoms with van der Waals surface area (Å²) >= 11 is 0. The fourth-order valence-corrected chi connectivity index (χ4v) is 5.15. The highest BCUT2D eigenvalue weighted by Crippen LogP contribution is 2.41. The van der Waals surface area contributed by atoms with Crippen LogP contribution in [0.4, 0.5) is 5.82 Å². The van der Waals surface area contributed by atoms with Gasteiger partial charge in [-0.1, -0.05) is 19.6 Å². The van der Waals surface area contributed by atoms with Gasteiger partial charge in [0.25, 0.3) is 0 Å². The Morgan fingerprint density at radius 1 is 1.26 bits per heavy atom. The largest absolute Gasteiger partial charge is 0.383 e. The van der Waals surface area contributed by atoms with Crippen LogP contribution in [-0.4, -0.2) is 37.4 Å². The minimum atomic E-state index is 0.0303. The van der Waals surface area contributed by atoms with Crippen molar-refractivity contribution in [2.75, 3.05) is 5.73 Å². The summed E-state index contributed by atoms with van der Waals surface area (Å²) in [6.45, 7) is 8.00. The molecule has 5 heterocycles. The van der Waals surface area contributed by atoms with Gasteiger partial charge < -0.3 is 11.1 Å². The lowest BCUT2D eigenvalue weighted by atomic mass is 9.86. The maximum absolute atomic E-state index is 11.9. The molecule has 0 aliphatic carbocycles. The van der Waals surface area contributed by atoms with Crippen LogP contribution in [0.1, 0.15) is 73.6 Å². The van der Waals surface area contributed by atoms with E-state index in [2.05, 4.69) is 22.0 Å². The topological polar surface area (TPSA) is 98.2 Å². The maximum atomic E-state index is 11.9. The van der Waals surface area contributed by atoms with E-state index in [0.717, 1.165) is 46.4 Å². The molecule has 3 aromatic heterocycles. The number of hydrogen-bond acceptors (Lipinski definition) is 6. The van der Waals surface area contributed by atoms with E-state index in [-0.39, 0.29) is 5.78 Å². The number of nitrogens with one attached hydrogen (secondary N) is 1. The number of aromatic nitrogens is 4. The number of carbonyl (C=O) groups excluding carboxylic acids is 1. The van der Waals surface area contributed by atoms with Crippen molar-refractivity contribution in [1.29, 1.82) is 0 Å². The van der Waals surface area contributed by atoms with Crippen molar-refractivity contribution in [3.63, 3.8) is 0 Å². The summed E-state index contributed by atoms with van der Waals surface area (Å²) in [6.07, 6.45) is 8.52. The van der Waals surface area contributed by atoms with Crippen LogP contribution < -0.4 is 11.1 Å². The lowest BCUT2D eigenvalue weighted by Gasteiger charge is -2.30. The first-order valence-electron chi connectivity index (χ1n) is 11.0. The minimum absolute atomic E-state index is 0.0303. The summed E-state index contributed by atoms with van der Waals surface area (Å²) in [5.41, 5.74) is 12.4. The number of nitrogens with two attached hydrogens (primary N) is 1. The van der Waals surface area contributed by atoms with Gasteiger partial charge in [0.05, 0.1) is 11.9 Å². The Labute approximate surface area is 181 Å². The van der Waals surface area contributed by atoms with Crippen LogP contribution >= 0.6 is 0 Å². The molecule has 2 fully saturated rings. The van der Waals surface area contributed by atoms with E-state index in [1.54, 1.807) is 23.0 Å². The van der Waals surface area contributed by atoms with Gasteiger partial charge >= 0.3 is 0 Å². The molecule has 2 aliphatic rings. The first-order valence-corrected chi connectivity index (χ1v) is 11.0. The number of nitrogen functional groups attached to an aromatic ring is 1. The molecule has 7 nitrogen and oxygen atoms in total. The second kappa shape index (κ2) is 7.57. The van der Waals surface area contributed by atoms with E-state index < -0.39 is 0 Å². The van der Waals surface area contributed by atoms with Gasteiger partial charge in [-0.15, -0.1) is 0 Å². The van der Waals surface area contributed by atoms with Crippen molar-refractivity contribution in [3.05, 3.63) is 48.1 Å². The highest BCUT2D eigenvalue weighted by atomic mass is 16.1. The highest BCUT2D eigenvalue weighted by Gasteiger charge is 2.36. The molecule has 2 saturated heterocycles. The highest BCUT2D eigenvalue weighted by molar-refractivity contribution is 5.94. The normalized spacial score (nSPS) is 22.7. The number of Topliss-reactive ketones (excluding diaryl/α,β-unsaturated/α-hetero) is 1. The van der Waals surface area contributed by atoms with E-state index in [1.807, 2.05) is 19.9 Å². The molecule has 2 atom stereocenters. The molecule has 0 radical (unpaired) electrons. The Balaban J connectivity index is 1.63. The lowest BCUT2D eigenvalue weighted by Crippen LogP contribution is -2.37. The van der Waals surface area contributed by atoms with Crippen LogP contribution in [0, 0.1) is 0 Å². The Morgan fingerprint density at radius 2 is 2.00 bits per heavy atom. The SMILES string of the molecule is C=C(C)c1c(C2CC3CCC(C2)N3)nc2c(-c3ccc(C(=O)CC)nc3)cnn2c1N. The van der Waals surface area contributed by atoms with Crippen LogP contribution in [0.5, 0.6) is 0 Å². The molecular formula is C24H28N6O. The van der Waals surface area contributed by atoms with E-state index in [4.69, 9.17) is 10.7 Å². The zero-order valence-corrected chi connectivity index (χ0v) is 18.1. The first-order chi connectivity index (χ1) is 15.0. The predicted molar refractivity (Wildman–Crippen MR) is 122 cm³/mol. The van der Waals surface area contributed by atoms with Gasteiger partial charge in [-0.3, -0.25) is 9.78 Å². The van der Waals surface area contributed by atoms with E-state index in [1.165, 1.54) is 12.8 Å². The third-order valence-electron chi connectivity index (χ3n) is 6.68. The number of nitrogens with zero attached hydrogens (tertiary/aromatic N) is 4. The first kappa shape index (κ1) is 19.9. The molecule has 0 aromatic carbocycles. The second-order valence-corrected chi connectivity index (χ2v) is 8.85. The summed E-state index contributed by atoms with van der Waals surface area (Å²) in [6, 6.07) is 4.78. The monoisotopic (exact) mass is 416 g/mol. The van der Waals surface area contributed by atoms with Gasteiger partial charge in [-0.2, -0.15) is 9.61 Å². The third-order valence-corrected chi connectivity index (χ3v) is 6.68. The zero-order chi connectivity index (χ0) is 21.7. The number of allylic oxidation sites excluding steroid dienone is 1. The predicted octanol–water partition coefficient (Wildman–Crippen LogP) is 4.00. The Bertz CT molecular complexity index is 1170. The van der Waals surface area contributed by atoms with Gasteiger partial charge in [-0.25, -0.2) is 4.98 Å². The molecule has 0 spiro atoms. The van der Waals surface area contributed by atoms with Crippen molar-refractivity contribution in [1.82, 2.24) is 24.9 Å². The molecule has 0 amide bonds. The average Bonchev–Trinajstić information content (AvgIpc) is 3.35. The molecule has 31 heavy (non-hydrogen) atoms. The van der Waals surface area contributed by atoms with Gasteiger partial charge in [0, 0.05) is 47.3 Å². The molecule has 2 bridgehead atoms. The van der Waals surface area contributed by atoms with E-state index in [0.29, 0.717) is 35.9 Å². The standard InChI is InChI=1S/C24H28N6O/c1-4-20(31)19-8-5-14(11-26-19)18-12-27-30-23(25)21(13(2)3)22(29-24(18)30)15-9-16-6-7-17(10-15)28-16/h5,8,11-12,15-17,28H,2,4,6-7,9-10,25H2,1,3H3. The number of fused-ring (bicyclic) bond motifs is 3. The number of rotatable bonds is 5. The van der Waals surface area contributed by atoms with Crippen LogP contribution in [0.2, 0.25) is 0 Å². The molecule has 2 aliphatic heterocycles. The van der Waals surface area contributed by atoms with Gasteiger partial charge in [0.1, 0.15) is 11.5 Å². The number of hydrogen-bond donors (Lipinski definition) is 2.